The summed E-state index contributed by atoms with van der Waals surface area (Å²) in [7, 11) is 0. The summed E-state index contributed by atoms with van der Waals surface area (Å²) < 4.78 is 0. The van der Waals surface area contributed by atoms with Crippen LogP contribution in [0.3, 0.4) is 0 Å². The highest BCUT2D eigenvalue weighted by molar-refractivity contribution is 5.66. The van der Waals surface area contributed by atoms with Crippen molar-refractivity contribution in [2.75, 3.05) is 13.1 Å². The largest absolute Gasteiger partial charge is 0.481 e. The Labute approximate surface area is 117 Å². The van der Waals surface area contributed by atoms with Crippen LogP contribution in [0.1, 0.15) is 59.3 Å². The first-order valence-electron chi connectivity index (χ1n) is 7.83. The molecule has 0 spiro atoms. The predicted molar refractivity (Wildman–Crippen MR) is 77.1 cm³/mol. The zero-order valence-electron chi connectivity index (χ0n) is 12.7. The van der Waals surface area contributed by atoms with E-state index in [-0.39, 0.29) is 0 Å². The van der Waals surface area contributed by atoms with E-state index in [9.17, 15) is 4.79 Å². The second-order valence-electron chi connectivity index (χ2n) is 7.55. The minimum atomic E-state index is -0.646. The van der Waals surface area contributed by atoms with Gasteiger partial charge in [-0.1, -0.05) is 20.8 Å². The highest BCUT2D eigenvalue weighted by Gasteiger charge is 2.40. The van der Waals surface area contributed by atoms with Crippen molar-refractivity contribution in [3.63, 3.8) is 0 Å². The lowest BCUT2D eigenvalue weighted by Crippen LogP contribution is -2.44. The first-order valence-corrected chi connectivity index (χ1v) is 7.83. The molecule has 2 fully saturated rings. The van der Waals surface area contributed by atoms with E-state index < -0.39 is 5.97 Å². The molecular formula is C16H29NO2. The molecule has 3 nitrogen and oxygen atoms in total. The molecule has 2 rings (SSSR count). The van der Waals surface area contributed by atoms with Crippen LogP contribution in [0.15, 0.2) is 0 Å². The third-order valence-electron chi connectivity index (χ3n) is 5.08. The lowest BCUT2D eigenvalue weighted by molar-refractivity contribution is -0.137. The molecule has 0 radical (unpaired) electrons. The van der Waals surface area contributed by atoms with Crippen LogP contribution in [0, 0.1) is 17.3 Å². The van der Waals surface area contributed by atoms with E-state index in [0.29, 0.717) is 17.8 Å². The zero-order chi connectivity index (χ0) is 14.0. The van der Waals surface area contributed by atoms with Crippen molar-refractivity contribution in [1.29, 1.82) is 0 Å². The minimum Gasteiger partial charge on any atom is -0.481 e. The van der Waals surface area contributed by atoms with Gasteiger partial charge < -0.3 is 5.11 Å². The standard InChI is InChI=1S/C16H29NO2/c1-12-9-16(2,3)10-14(12)17-8-4-5-13(11-17)6-7-15(18)19/h12-14H,4-11H2,1-3H3,(H,18,19). The number of piperidine rings is 1. The van der Waals surface area contributed by atoms with Crippen molar-refractivity contribution in [2.45, 2.75) is 65.3 Å². The number of hydrogen-bond acceptors (Lipinski definition) is 2. The summed E-state index contributed by atoms with van der Waals surface area (Å²) in [6, 6.07) is 0.725. The van der Waals surface area contributed by atoms with Gasteiger partial charge in [-0.15, -0.1) is 0 Å². The molecule has 0 aromatic carbocycles. The maximum absolute atomic E-state index is 10.7. The Balaban J connectivity index is 1.88. The lowest BCUT2D eigenvalue weighted by Gasteiger charge is -2.39. The van der Waals surface area contributed by atoms with Crippen LogP contribution in [-0.2, 0) is 4.79 Å². The van der Waals surface area contributed by atoms with Gasteiger partial charge in [-0.2, -0.15) is 0 Å². The third kappa shape index (κ3) is 3.95. The number of carboxylic acid groups (broad SMARTS) is 1. The molecule has 3 heteroatoms. The molecule has 1 aliphatic carbocycles. The highest BCUT2D eigenvalue weighted by Crippen LogP contribution is 2.44. The van der Waals surface area contributed by atoms with Gasteiger partial charge >= 0.3 is 5.97 Å². The molecule has 1 saturated heterocycles. The fraction of sp³-hybridized carbons (Fsp3) is 0.938. The molecule has 1 heterocycles. The van der Waals surface area contributed by atoms with E-state index in [1.807, 2.05) is 0 Å². The molecule has 1 saturated carbocycles. The van der Waals surface area contributed by atoms with Crippen LogP contribution in [0.5, 0.6) is 0 Å². The number of hydrogen-bond donors (Lipinski definition) is 1. The van der Waals surface area contributed by atoms with E-state index in [2.05, 4.69) is 25.7 Å². The summed E-state index contributed by atoms with van der Waals surface area (Å²) in [6.07, 6.45) is 6.29. The molecule has 0 bridgehead atoms. The van der Waals surface area contributed by atoms with E-state index >= 15 is 0 Å². The Bertz CT molecular complexity index is 327. The van der Waals surface area contributed by atoms with Gasteiger partial charge in [0.1, 0.15) is 0 Å². The number of likely N-dealkylation sites (tertiary alicyclic amines) is 1. The van der Waals surface area contributed by atoms with Gasteiger partial charge in [0.15, 0.2) is 0 Å². The maximum atomic E-state index is 10.7. The van der Waals surface area contributed by atoms with Crippen molar-refractivity contribution >= 4 is 5.97 Å². The van der Waals surface area contributed by atoms with Crippen LogP contribution < -0.4 is 0 Å². The van der Waals surface area contributed by atoms with Crippen LogP contribution in [0.4, 0.5) is 0 Å². The predicted octanol–water partition coefficient (Wildman–Crippen LogP) is 3.39. The minimum absolute atomic E-state index is 0.338. The van der Waals surface area contributed by atoms with Crippen LogP contribution >= 0.6 is 0 Å². The summed E-state index contributed by atoms with van der Waals surface area (Å²) in [6.45, 7) is 9.50. The summed E-state index contributed by atoms with van der Waals surface area (Å²) in [4.78, 5) is 13.4. The Kier molecular flexibility index (Phi) is 4.54. The highest BCUT2D eigenvalue weighted by atomic mass is 16.4. The molecule has 1 aliphatic heterocycles. The average Bonchev–Trinajstić information content (AvgIpc) is 2.61. The number of carboxylic acids is 1. The Hall–Kier alpha value is -0.570. The SMILES string of the molecule is CC1CC(C)(C)CC1N1CCCC(CCC(=O)O)C1. The van der Waals surface area contributed by atoms with Gasteiger partial charge in [0.2, 0.25) is 0 Å². The molecule has 2 aliphatic rings. The molecule has 3 atom stereocenters. The normalized spacial score (nSPS) is 35.4. The third-order valence-corrected chi connectivity index (χ3v) is 5.08. The quantitative estimate of drug-likeness (QED) is 0.849. The van der Waals surface area contributed by atoms with Crippen LogP contribution in [0.2, 0.25) is 0 Å². The second kappa shape index (κ2) is 5.82. The molecule has 1 N–H and O–H groups in total. The van der Waals surface area contributed by atoms with E-state index in [1.54, 1.807) is 0 Å². The Morgan fingerprint density at radius 1 is 1.37 bits per heavy atom. The summed E-state index contributed by atoms with van der Waals surface area (Å²) in [5, 5.41) is 8.82. The van der Waals surface area contributed by atoms with Gasteiger partial charge in [-0.05, 0) is 55.9 Å². The van der Waals surface area contributed by atoms with Gasteiger partial charge in [-0.3, -0.25) is 9.69 Å². The van der Waals surface area contributed by atoms with E-state index in [1.165, 1.54) is 32.2 Å². The molecular weight excluding hydrogens is 238 g/mol. The van der Waals surface area contributed by atoms with Crippen molar-refractivity contribution in [3.05, 3.63) is 0 Å². The summed E-state index contributed by atoms with van der Waals surface area (Å²) in [5.41, 5.74) is 0.484. The number of aliphatic carboxylic acids is 1. The monoisotopic (exact) mass is 267 g/mol. The maximum Gasteiger partial charge on any atom is 0.303 e. The van der Waals surface area contributed by atoms with Crippen LogP contribution in [0.25, 0.3) is 0 Å². The average molecular weight is 267 g/mol. The summed E-state index contributed by atoms with van der Waals surface area (Å²) in [5.74, 6) is 0.737. The van der Waals surface area contributed by atoms with Crippen molar-refractivity contribution < 1.29 is 9.90 Å². The van der Waals surface area contributed by atoms with Crippen LogP contribution in [-0.4, -0.2) is 35.1 Å². The Morgan fingerprint density at radius 3 is 2.68 bits per heavy atom. The van der Waals surface area contributed by atoms with Gasteiger partial charge in [0.25, 0.3) is 0 Å². The fourth-order valence-corrected chi connectivity index (χ4v) is 4.31. The lowest BCUT2D eigenvalue weighted by atomic mass is 9.90. The molecule has 0 aromatic heterocycles. The van der Waals surface area contributed by atoms with E-state index in [4.69, 9.17) is 5.11 Å². The van der Waals surface area contributed by atoms with Gasteiger partial charge in [0.05, 0.1) is 0 Å². The smallest absolute Gasteiger partial charge is 0.303 e. The van der Waals surface area contributed by atoms with Crippen molar-refractivity contribution in [2.24, 2.45) is 17.3 Å². The first-order chi connectivity index (χ1) is 8.87. The van der Waals surface area contributed by atoms with Crippen molar-refractivity contribution in [3.8, 4) is 0 Å². The molecule has 19 heavy (non-hydrogen) atoms. The number of carbonyl (C=O) groups is 1. The fourth-order valence-electron chi connectivity index (χ4n) is 4.31. The molecule has 0 amide bonds. The topological polar surface area (TPSA) is 40.5 Å². The molecule has 0 aromatic rings. The van der Waals surface area contributed by atoms with Gasteiger partial charge in [0, 0.05) is 19.0 Å². The molecule has 3 unspecified atom stereocenters. The Morgan fingerprint density at radius 2 is 2.11 bits per heavy atom. The zero-order valence-corrected chi connectivity index (χ0v) is 12.7. The second-order valence-corrected chi connectivity index (χ2v) is 7.55. The number of nitrogens with zero attached hydrogens (tertiary/aromatic N) is 1. The number of rotatable bonds is 4. The summed E-state index contributed by atoms with van der Waals surface area (Å²) >= 11 is 0. The van der Waals surface area contributed by atoms with E-state index in [0.717, 1.165) is 24.9 Å². The molecule has 110 valence electrons. The first kappa shape index (κ1) is 14.8. The van der Waals surface area contributed by atoms with Gasteiger partial charge in [-0.25, -0.2) is 0 Å². The van der Waals surface area contributed by atoms with Crippen molar-refractivity contribution in [1.82, 2.24) is 4.90 Å².